The smallest absolute Gasteiger partial charge is 0.246 e. The Bertz CT molecular complexity index is 1100. The second-order valence-corrected chi connectivity index (χ2v) is 9.12. The fourth-order valence-electron chi connectivity index (χ4n) is 3.72. The van der Waals surface area contributed by atoms with Crippen molar-refractivity contribution in [2.75, 3.05) is 18.4 Å². The fourth-order valence-corrected chi connectivity index (χ4v) is 4.54. The Morgan fingerprint density at radius 1 is 1.26 bits per heavy atom. The molecule has 9 heteroatoms. The van der Waals surface area contributed by atoms with Crippen LogP contribution in [0.5, 0.6) is 0 Å². The maximum Gasteiger partial charge on any atom is 0.246 e. The molecule has 1 N–H and O–H groups in total. The maximum absolute atomic E-state index is 12.7. The molecule has 1 amide bonds. The molecule has 3 aromatic rings. The van der Waals surface area contributed by atoms with E-state index in [1.54, 1.807) is 28.3 Å². The van der Waals surface area contributed by atoms with Crippen LogP contribution in [0.15, 0.2) is 24.5 Å². The van der Waals surface area contributed by atoms with Crippen molar-refractivity contribution in [3.8, 4) is 0 Å². The summed E-state index contributed by atoms with van der Waals surface area (Å²) in [5, 5.41) is 8.28. The molecule has 1 fully saturated rings. The quantitative estimate of drug-likeness (QED) is 0.612. The third kappa shape index (κ3) is 5.16. The first-order valence-electron chi connectivity index (χ1n) is 10.4. The summed E-state index contributed by atoms with van der Waals surface area (Å²) in [6.45, 7) is 7.38. The monoisotopic (exact) mass is 437 g/mol. The van der Waals surface area contributed by atoms with Gasteiger partial charge in [0.2, 0.25) is 5.91 Å². The summed E-state index contributed by atoms with van der Waals surface area (Å²) in [7, 11) is 1.86. The lowest BCUT2D eigenvalue weighted by Crippen LogP contribution is -2.38. The molecule has 3 aromatic heterocycles. The summed E-state index contributed by atoms with van der Waals surface area (Å²) in [6, 6.07) is 1.99. The molecule has 162 valence electrons. The van der Waals surface area contributed by atoms with E-state index in [1.165, 1.54) is 4.88 Å². The number of hydrogen-bond acceptors (Lipinski definition) is 7. The SMILES string of the molecule is Cc1nc(Nc2nc(C)c(C)s2)cc(C2CCCN(C(=O)/C=C/c3cnn(C)c3)C2)n1. The van der Waals surface area contributed by atoms with Crippen LogP contribution in [0.3, 0.4) is 0 Å². The average Bonchev–Trinajstić information content (AvgIpc) is 3.30. The van der Waals surface area contributed by atoms with Crippen molar-refractivity contribution in [3.05, 3.63) is 52.2 Å². The number of nitrogens with one attached hydrogen (secondary N) is 1. The molecule has 0 saturated carbocycles. The Morgan fingerprint density at radius 3 is 2.81 bits per heavy atom. The number of piperidine rings is 1. The van der Waals surface area contributed by atoms with Crippen LogP contribution in [0.2, 0.25) is 0 Å². The predicted octanol–water partition coefficient (Wildman–Crippen LogP) is 3.75. The highest BCUT2D eigenvalue weighted by Gasteiger charge is 2.25. The molecule has 1 atom stereocenters. The first kappa shape index (κ1) is 21.2. The number of aromatic nitrogens is 5. The molecule has 1 aliphatic heterocycles. The molecule has 0 radical (unpaired) electrons. The molecule has 0 spiro atoms. The van der Waals surface area contributed by atoms with Gasteiger partial charge in [-0.1, -0.05) is 0 Å². The Labute approximate surface area is 186 Å². The minimum Gasteiger partial charge on any atom is -0.338 e. The van der Waals surface area contributed by atoms with E-state index in [1.807, 2.05) is 44.1 Å². The van der Waals surface area contributed by atoms with Crippen molar-refractivity contribution < 1.29 is 4.79 Å². The van der Waals surface area contributed by atoms with Crippen molar-refractivity contribution in [1.29, 1.82) is 0 Å². The van der Waals surface area contributed by atoms with Crippen LogP contribution in [0, 0.1) is 20.8 Å². The van der Waals surface area contributed by atoms with Crippen molar-refractivity contribution in [1.82, 2.24) is 29.6 Å². The zero-order valence-electron chi connectivity index (χ0n) is 18.3. The number of rotatable bonds is 5. The fraction of sp³-hybridized carbons (Fsp3) is 0.409. The standard InChI is InChI=1S/C22H27N7OS/c1-14-15(2)31-22(24-14)27-20-10-19(25-16(3)26-20)18-6-5-9-29(13-18)21(30)8-7-17-11-23-28(4)12-17/h7-8,10-12,18H,5-6,9,13H2,1-4H3,(H,24,25,26,27)/b8-7+. The van der Waals surface area contributed by atoms with Gasteiger partial charge in [-0.3, -0.25) is 9.48 Å². The third-order valence-corrected chi connectivity index (χ3v) is 6.40. The summed E-state index contributed by atoms with van der Waals surface area (Å²) in [5.74, 6) is 1.67. The number of likely N-dealkylation sites (tertiary alicyclic amines) is 1. The molecular formula is C22H27N7OS. The molecule has 4 rings (SSSR count). The number of nitrogens with zero attached hydrogens (tertiary/aromatic N) is 6. The Kier molecular flexibility index (Phi) is 6.13. The van der Waals surface area contributed by atoms with Gasteiger partial charge in [0.25, 0.3) is 0 Å². The van der Waals surface area contributed by atoms with E-state index >= 15 is 0 Å². The van der Waals surface area contributed by atoms with Crippen molar-refractivity contribution in [2.45, 2.75) is 39.5 Å². The summed E-state index contributed by atoms with van der Waals surface area (Å²) < 4.78 is 1.72. The first-order valence-corrected chi connectivity index (χ1v) is 11.2. The third-order valence-electron chi connectivity index (χ3n) is 5.42. The molecule has 31 heavy (non-hydrogen) atoms. The van der Waals surface area contributed by atoms with Gasteiger partial charge in [-0.05, 0) is 39.7 Å². The number of anilines is 2. The molecule has 1 aliphatic rings. The molecule has 1 saturated heterocycles. The van der Waals surface area contributed by atoms with Crippen LogP contribution in [0.1, 0.15) is 46.4 Å². The Morgan fingerprint density at radius 2 is 2.10 bits per heavy atom. The van der Waals surface area contributed by atoms with Crippen molar-refractivity contribution in [3.63, 3.8) is 0 Å². The average molecular weight is 438 g/mol. The topological polar surface area (TPSA) is 88.8 Å². The van der Waals surface area contributed by atoms with Crippen LogP contribution < -0.4 is 5.32 Å². The summed E-state index contributed by atoms with van der Waals surface area (Å²) in [5.41, 5.74) is 2.91. The molecule has 4 heterocycles. The molecular weight excluding hydrogens is 410 g/mol. The lowest BCUT2D eigenvalue weighted by molar-refractivity contribution is -0.127. The van der Waals surface area contributed by atoms with E-state index in [4.69, 9.17) is 0 Å². The Balaban J connectivity index is 1.46. The highest BCUT2D eigenvalue weighted by Crippen LogP contribution is 2.29. The second kappa shape index (κ2) is 8.97. The lowest BCUT2D eigenvalue weighted by Gasteiger charge is -2.32. The highest BCUT2D eigenvalue weighted by molar-refractivity contribution is 7.15. The first-order chi connectivity index (χ1) is 14.9. The normalized spacial score (nSPS) is 16.8. The summed E-state index contributed by atoms with van der Waals surface area (Å²) >= 11 is 1.62. The minimum atomic E-state index is 0.0198. The number of aryl methyl sites for hydroxylation is 4. The van der Waals surface area contributed by atoms with Gasteiger partial charge < -0.3 is 10.2 Å². The molecule has 1 unspecified atom stereocenters. The van der Waals surface area contributed by atoms with Crippen LogP contribution >= 0.6 is 11.3 Å². The van der Waals surface area contributed by atoms with E-state index in [0.29, 0.717) is 12.4 Å². The van der Waals surface area contributed by atoms with Gasteiger partial charge in [-0.2, -0.15) is 5.10 Å². The number of thiazole rings is 1. The van der Waals surface area contributed by atoms with Crippen molar-refractivity contribution >= 4 is 34.3 Å². The number of carbonyl (C=O) groups is 1. The zero-order chi connectivity index (χ0) is 22.0. The lowest BCUT2D eigenvalue weighted by atomic mass is 9.94. The predicted molar refractivity (Wildman–Crippen MR) is 122 cm³/mol. The number of hydrogen-bond donors (Lipinski definition) is 1. The number of carbonyl (C=O) groups excluding carboxylic acids is 1. The van der Waals surface area contributed by atoms with E-state index in [0.717, 1.165) is 47.3 Å². The van der Waals surface area contributed by atoms with Crippen LogP contribution in [0.25, 0.3) is 6.08 Å². The van der Waals surface area contributed by atoms with Crippen molar-refractivity contribution in [2.24, 2.45) is 7.05 Å². The van der Waals surface area contributed by atoms with Crippen LogP contribution in [-0.4, -0.2) is 48.6 Å². The largest absolute Gasteiger partial charge is 0.338 e. The summed E-state index contributed by atoms with van der Waals surface area (Å²) in [6.07, 6.45) is 9.02. The van der Waals surface area contributed by atoms with E-state index in [9.17, 15) is 4.79 Å². The number of amides is 1. The second-order valence-electron chi connectivity index (χ2n) is 7.91. The molecule has 0 aromatic carbocycles. The van der Waals surface area contributed by atoms with E-state index < -0.39 is 0 Å². The van der Waals surface area contributed by atoms with Gasteiger partial charge >= 0.3 is 0 Å². The van der Waals surface area contributed by atoms with Gasteiger partial charge in [0, 0.05) is 54.8 Å². The van der Waals surface area contributed by atoms with Gasteiger partial charge in [0.15, 0.2) is 5.13 Å². The molecule has 0 bridgehead atoms. The maximum atomic E-state index is 12.7. The summed E-state index contributed by atoms with van der Waals surface area (Å²) in [4.78, 5) is 29.6. The van der Waals surface area contributed by atoms with Gasteiger partial charge in [-0.25, -0.2) is 15.0 Å². The highest BCUT2D eigenvalue weighted by atomic mass is 32.1. The molecule has 8 nitrogen and oxygen atoms in total. The minimum absolute atomic E-state index is 0.0198. The van der Waals surface area contributed by atoms with E-state index in [-0.39, 0.29) is 11.8 Å². The van der Waals surface area contributed by atoms with Gasteiger partial charge in [-0.15, -0.1) is 11.3 Å². The van der Waals surface area contributed by atoms with Crippen LogP contribution in [0.4, 0.5) is 10.9 Å². The molecule has 0 aliphatic carbocycles. The van der Waals surface area contributed by atoms with Gasteiger partial charge in [0.1, 0.15) is 11.6 Å². The van der Waals surface area contributed by atoms with Crippen LogP contribution in [-0.2, 0) is 11.8 Å². The Hall–Kier alpha value is -3.07. The zero-order valence-corrected chi connectivity index (χ0v) is 19.1. The van der Waals surface area contributed by atoms with E-state index in [2.05, 4.69) is 32.3 Å². The van der Waals surface area contributed by atoms with Gasteiger partial charge in [0.05, 0.1) is 17.6 Å².